The Bertz CT molecular complexity index is 893. The summed E-state index contributed by atoms with van der Waals surface area (Å²) >= 11 is 0. The van der Waals surface area contributed by atoms with Gasteiger partial charge in [0.1, 0.15) is 0 Å². The lowest BCUT2D eigenvalue weighted by atomic mass is 10.3. The van der Waals surface area contributed by atoms with Crippen LogP contribution in [0.4, 0.5) is 5.95 Å². The number of aryl methyl sites for hydroxylation is 2. The highest BCUT2D eigenvalue weighted by molar-refractivity contribution is 5.91. The summed E-state index contributed by atoms with van der Waals surface area (Å²) in [4.78, 5) is 19.5. The number of hydrogen-bond donors (Lipinski definition) is 1. The predicted octanol–water partition coefficient (Wildman–Crippen LogP) is 2.91. The van der Waals surface area contributed by atoms with Crippen molar-refractivity contribution in [2.45, 2.75) is 40.3 Å². The number of amides is 1. The molecular weight excluding hydrogens is 340 g/mol. The maximum Gasteiger partial charge on any atom is 0.228 e. The molecule has 0 fully saturated rings. The van der Waals surface area contributed by atoms with Crippen molar-refractivity contribution in [3.63, 3.8) is 0 Å². The van der Waals surface area contributed by atoms with Gasteiger partial charge in [0.05, 0.1) is 11.0 Å². The highest BCUT2D eigenvalue weighted by Crippen LogP contribution is 2.20. The first-order chi connectivity index (χ1) is 13.1. The maximum absolute atomic E-state index is 12.5. The monoisotopic (exact) mass is 368 g/mol. The quantitative estimate of drug-likeness (QED) is 0.631. The second-order valence-corrected chi connectivity index (χ2v) is 6.60. The number of nitrogens with one attached hydrogen (secondary N) is 1. The molecule has 0 unspecified atom stereocenters. The van der Waals surface area contributed by atoms with Gasteiger partial charge in [-0.2, -0.15) is 5.10 Å². The maximum atomic E-state index is 12.5. The highest BCUT2D eigenvalue weighted by Gasteiger charge is 2.14. The lowest BCUT2D eigenvalue weighted by Crippen LogP contribution is -2.28. The molecule has 0 bridgehead atoms. The molecule has 0 radical (unpaired) electrons. The number of benzene rings is 1. The average Bonchev–Trinajstić information content (AvgIpc) is 3.24. The number of anilines is 1. The Kier molecular flexibility index (Phi) is 6.24. The predicted molar refractivity (Wildman–Crippen MR) is 108 cm³/mol. The molecule has 144 valence electrons. The van der Waals surface area contributed by atoms with E-state index in [-0.39, 0.29) is 5.91 Å². The molecule has 27 heavy (non-hydrogen) atoms. The SMILES string of the molecule is CCN(CC)CCn1c(NC(=O)CCn2nccc2C)nc2ccccc21. The van der Waals surface area contributed by atoms with Crippen LogP contribution in [0.15, 0.2) is 36.5 Å². The molecule has 2 heterocycles. The first-order valence-electron chi connectivity index (χ1n) is 9.58. The van der Waals surface area contributed by atoms with Crippen molar-refractivity contribution in [2.24, 2.45) is 0 Å². The molecule has 0 atom stereocenters. The summed E-state index contributed by atoms with van der Waals surface area (Å²) in [7, 11) is 0. The molecule has 7 heteroatoms. The van der Waals surface area contributed by atoms with E-state index in [1.165, 1.54) is 0 Å². The van der Waals surface area contributed by atoms with Crippen LogP contribution >= 0.6 is 0 Å². The van der Waals surface area contributed by atoms with Crippen LogP contribution < -0.4 is 5.32 Å². The summed E-state index contributed by atoms with van der Waals surface area (Å²) in [6, 6.07) is 9.93. The number of carbonyl (C=O) groups excluding carboxylic acids is 1. The van der Waals surface area contributed by atoms with Gasteiger partial charge < -0.3 is 9.47 Å². The molecule has 0 aliphatic carbocycles. The van der Waals surface area contributed by atoms with Crippen molar-refractivity contribution in [2.75, 3.05) is 25.0 Å². The van der Waals surface area contributed by atoms with Crippen LogP contribution in [-0.2, 0) is 17.9 Å². The van der Waals surface area contributed by atoms with E-state index in [4.69, 9.17) is 0 Å². The smallest absolute Gasteiger partial charge is 0.228 e. The Morgan fingerprint density at radius 3 is 2.63 bits per heavy atom. The molecule has 2 aromatic heterocycles. The van der Waals surface area contributed by atoms with Crippen molar-refractivity contribution >= 4 is 22.9 Å². The normalized spacial score (nSPS) is 11.4. The highest BCUT2D eigenvalue weighted by atomic mass is 16.1. The van der Waals surface area contributed by atoms with Gasteiger partial charge in [0.2, 0.25) is 11.9 Å². The van der Waals surface area contributed by atoms with E-state index < -0.39 is 0 Å². The van der Waals surface area contributed by atoms with Crippen molar-refractivity contribution in [1.29, 1.82) is 0 Å². The fourth-order valence-corrected chi connectivity index (χ4v) is 3.21. The summed E-state index contributed by atoms with van der Waals surface area (Å²) in [5.74, 6) is 0.565. The van der Waals surface area contributed by atoms with Gasteiger partial charge in [-0.15, -0.1) is 0 Å². The third-order valence-corrected chi connectivity index (χ3v) is 4.92. The largest absolute Gasteiger partial charge is 0.309 e. The molecule has 7 nitrogen and oxygen atoms in total. The first kappa shape index (κ1) is 19.1. The molecule has 0 aliphatic heterocycles. The molecule has 1 aromatic carbocycles. The molecule has 3 rings (SSSR count). The summed E-state index contributed by atoms with van der Waals surface area (Å²) in [5.41, 5.74) is 2.99. The third kappa shape index (κ3) is 4.54. The van der Waals surface area contributed by atoms with Crippen molar-refractivity contribution in [3.05, 3.63) is 42.2 Å². The van der Waals surface area contributed by atoms with Crippen LogP contribution in [-0.4, -0.2) is 49.8 Å². The van der Waals surface area contributed by atoms with E-state index in [1.54, 1.807) is 6.20 Å². The number of nitrogens with zero attached hydrogens (tertiary/aromatic N) is 5. The minimum Gasteiger partial charge on any atom is -0.309 e. The van der Waals surface area contributed by atoms with E-state index in [0.717, 1.165) is 42.9 Å². The van der Waals surface area contributed by atoms with Crippen LogP contribution in [0.2, 0.25) is 0 Å². The Labute approximate surface area is 160 Å². The molecule has 1 amide bonds. The van der Waals surface area contributed by atoms with E-state index in [0.29, 0.717) is 18.9 Å². The van der Waals surface area contributed by atoms with Crippen LogP contribution in [0.1, 0.15) is 26.0 Å². The Balaban J connectivity index is 1.73. The molecule has 0 aliphatic rings. The standard InChI is InChI=1S/C20H28N6O/c1-4-24(5-2)14-15-25-18-9-7-6-8-17(18)22-20(25)23-19(27)11-13-26-16(3)10-12-21-26/h6-10,12H,4-5,11,13-15H2,1-3H3,(H,22,23,27). The van der Waals surface area contributed by atoms with Crippen LogP contribution in [0.25, 0.3) is 11.0 Å². The van der Waals surface area contributed by atoms with E-state index in [1.807, 2.05) is 41.9 Å². The van der Waals surface area contributed by atoms with Crippen molar-refractivity contribution in [3.8, 4) is 0 Å². The van der Waals surface area contributed by atoms with E-state index in [2.05, 4.69) is 38.7 Å². The summed E-state index contributed by atoms with van der Waals surface area (Å²) in [6.45, 7) is 10.6. The van der Waals surface area contributed by atoms with Gasteiger partial charge in [0.25, 0.3) is 0 Å². The lowest BCUT2D eigenvalue weighted by molar-refractivity contribution is -0.116. The zero-order chi connectivity index (χ0) is 19.2. The fourth-order valence-electron chi connectivity index (χ4n) is 3.21. The van der Waals surface area contributed by atoms with Crippen LogP contribution in [0, 0.1) is 6.92 Å². The number of fused-ring (bicyclic) bond motifs is 1. The Morgan fingerprint density at radius 1 is 1.15 bits per heavy atom. The number of imidazole rings is 1. The van der Waals surface area contributed by atoms with Gasteiger partial charge >= 0.3 is 0 Å². The molecule has 0 saturated heterocycles. The zero-order valence-electron chi connectivity index (χ0n) is 16.4. The van der Waals surface area contributed by atoms with E-state index >= 15 is 0 Å². The zero-order valence-corrected chi connectivity index (χ0v) is 16.4. The first-order valence-corrected chi connectivity index (χ1v) is 9.58. The second-order valence-electron chi connectivity index (χ2n) is 6.60. The van der Waals surface area contributed by atoms with Gasteiger partial charge in [-0.25, -0.2) is 4.98 Å². The van der Waals surface area contributed by atoms with Gasteiger partial charge in [-0.3, -0.25) is 14.8 Å². The molecule has 0 saturated carbocycles. The molecule has 0 spiro atoms. The van der Waals surface area contributed by atoms with Crippen LogP contribution in [0.3, 0.4) is 0 Å². The van der Waals surface area contributed by atoms with Crippen molar-refractivity contribution in [1.82, 2.24) is 24.2 Å². The molecular formula is C20H28N6O. The minimum absolute atomic E-state index is 0.0516. The second kappa shape index (κ2) is 8.81. The summed E-state index contributed by atoms with van der Waals surface area (Å²) < 4.78 is 3.94. The number of para-hydroxylation sites is 2. The van der Waals surface area contributed by atoms with Crippen LogP contribution in [0.5, 0.6) is 0 Å². The molecule has 3 aromatic rings. The molecule has 1 N–H and O–H groups in total. The number of carbonyl (C=O) groups is 1. The van der Waals surface area contributed by atoms with Gasteiger partial charge in [0, 0.05) is 37.9 Å². The fraction of sp³-hybridized carbons (Fsp3) is 0.450. The summed E-state index contributed by atoms with van der Waals surface area (Å²) in [5, 5.41) is 7.22. The number of rotatable bonds is 9. The van der Waals surface area contributed by atoms with Crippen molar-refractivity contribution < 1.29 is 4.79 Å². The third-order valence-electron chi connectivity index (χ3n) is 4.92. The number of aromatic nitrogens is 4. The Morgan fingerprint density at radius 2 is 1.93 bits per heavy atom. The number of hydrogen-bond acceptors (Lipinski definition) is 4. The Hall–Kier alpha value is -2.67. The topological polar surface area (TPSA) is 68.0 Å². The van der Waals surface area contributed by atoms with Gasteiger partial charge in [-0.05, 0) is 38.2 Å². The minimum atomic E-state index is -0.0516. The summed E-state index contributed by atoms with van der Waals surface area (Å²) in [6.07, 6.45) is 2.11. The van der Waals surface area contributed by atoms with Gasteiger partial charge in [0.15, 0.2) is 0 Å². The van der Waals surface area contributed by atoms with Gasteiger partial charge in [-0.1, -0.05) is 26.0 Å². The average molecular weight is 368 g/mol. The lowest BCUT2D eigenvalue weighted by Gasteiger charge is -2.19. The van der Waals surface area contributed by atoms with E-state index in [9.17, 15) is 4.79 Å². The number of likely N-dealkylation sites (N-methyl/N-ethyl adjacent to an activating group) is 1.